The molecule has 0 bridgehead atoms. The summed E-state index contributed by atoms with van der Waals surface area (Å²) < 4.78 is 13.8. The zero-order valence-electron chi connectivity index (χ0n) is 25.5. The maximum absolute atomic E-state index is 15.0. The number of allylic oxidation sites excluding steroid dienone is 2. The number of carbonyl (C=O) groups is 5. The number of aromatic hydroxyl groups is 1. The van der Waals surface area contributed by atoms with Gasteiger partial charge in [-0.15, -0.1) is 0 Å². The molecule has 10 nitrogen and oxygen atoms in total. The highest BCUT2D eigenvalue weighted by atomic mass is 35.5. The third kappa shape index (κ3) is 4.87. The predicted octanol–water partition coefficient (Wildman–Crippen LogP) is 5.03. The van der Waals surface area contributed by atoms with Gasteiger partial charge >= 0.3 is 5.97 Å². The van der Waals surface area contributed by atoms with E-state index in [2.05, 4.69) is 5.43 Å². The summed E-state index contributed by atoms with van der Waals surface area (Å²) in [7, 11) is 0. The van der Waals surface area contributed by atoms with E-state index >= 15 is 4.79 Å². The Balaban J connectivity index is 1.39. The van der Waals surface area contributed by atoms with Gasteiger partial charge in [0.1, 0.15) is 11.6 Å². The van der Waals surface area contributed by atoms with Gasteiger partial charge in [-0.25, -0.2) is 4.39 Å². The van der Waals surface area contributed by atoms with Crippen LogP contribution in [0.25, 0.3) is 0 Å². The zero-order chi connectivity index (χ0) is 33.9. The number of amides is 4. The maximum atomic E-state index is 15.0. The number of nitrogens with one attached hydrogen (secondary N) is 1. The number of phenolic OH excluding ortho intramolecular Hbond substituents is 1. The summed E-state index contributed by atoms with van der Waals surface area (Å²) in [6, 6.07) is 18.4. The highest BCUT2D eigenvalue weighted by Gasteiger charge is 2.70. The number of hydrazine groups is 1. The van der Waals surface area contributed by atoms with Crippen molar-refractivity contribution in [2.45, 2.75) is 37.0 Å². The molecule has 0 aromatic heterocycles. The molecule has 4 aliphatic rings. The Labute approximate surface area is 279 Å². The summed E-state index contributed by atoms with van der Waals surface area (Å²) in [6.07, 6.45) is 2.10. The predicted molar refractivity (Wildman–Crippen MR) is 171 cm³/mol. The van der Waals surface area contributed by atoms with E-state index in [1.54, 1.807) is 42.5 Å². The Morgan fingerprint density at radius 2 is 1.69 bits per heavy atom. The summed E-state index contributed by atoms with van der Waals surface area (Å²) in [5.41, 5.74) is 3.42. The molecule has 3 fully saturated rings. The van der Waals surface area contributed by atoms with Crippen LogP contribution < -0.4 is 5.43 Å². The number of fused-ring (bicyclic) bond motifs is 4. The van der Waals surface area contributed by atoms with Crippen molar-refractivity contribution in [2.75, 3.05) is 12.0 Å². The number of rotatable bonds is 8. The first-order valence-corrected chi connectivity index (χ1v) is 16.1. The zero-order valence-corrected chi connectivity index (χ0v) is 26.3. The third-order valence-corrected chi connectivity index (χ3v) is 10.6. The second kappa shape index (κ2) is 11.9. The first-order chi connectivity index (χ1) is 23.0. The van der Waals surface area contributed by atoms with Gasteiger partial charge in [-0.3, -0.25) is 34.3 Å². The number of benzene rings is 3. The largest absolute Gasteiger partial charge is 0.508 e. The number of halogens is 2. The van der Waals surface area contributed by atoms with Gasteiger partial charge in [-0.1, -0.05) is 47.5 Å². The lowest BCUT2D eigenvalue weighted by Crippen LogP contribution is -2.53. The average molecular weight is 672 g/mol. The van der Waals surface area contributed by atoms with Gasteiger partial charge in [0.05, 0.1) is 28.9 Å². The van der Waals surface area contributed by atoms with E-state index < -0.39 is 64.5 Å². The minimum Gasteiger partial charge on any atom is -0.508 e. The lowest BCUT2D eigenvalue weighted by atomic mass is 9.49. The molecule has 2 aliphatic carbocycles. The fourth-order valence-corrected chi connectivity index (χ4v) is 8.53. The van der Waals surface area contributed by atoms with Gasteiger partial charge in [-0.05, 0) is 84.8 Å². The SMILES string of the molecule is O=C(O)CCCN1C(=O)C2CC=C3C(CC4C(=O)N(Nc5ccc(F)cc5)C(=O)C4(c4ccc(Cl)cc4)C3c3cccc(O)c3)C2C1=O. The van der Waals surface area contributed by atoms with E-state index in [0.717, 1.165) is 9.91 Å². The van der Waals surface area contributed by atoms with Gasteiger partial charge in [-0.2, -0.15) is 5.01 Å². The van der Waals surface area contributed by atoms with Crippen LogP contribution in [0.3, 0.4) is 0 Å². The summed E-state index contributed by atoms with van der Waals surface area (Å²) in [5.74, 6) is -7.45. The second-order valence-electron chi connectivity index (χ2n) is 12.8. The number of hydrogen-bond donors (Lipinski definition) is 3. The van der Waals surface area contributed by atoms with Crippen LogP contribution in [0.2, 0.25) is 5.02 Å². The van der Waals surface area contributed by atoms with Crippen molar-refractivity contribution < 1.29 is 38.6 Å². The van der Waals surface area contributed by atoms with Crippen molar-refractivity contribution in [1.29, 1.82) is 0 Å². The van der Waals surface area contributed by atoms with Crippen molar-refractivity contribution in [3.8, 4) is 5.75 Å². The smallest absolute Gasteiger partial charge is 0.303 e. The molecule has 7 rings (SSSR count). The van der Waals surface area contributed by atoms with Crippen LogP contribution in [-0.2, 0) is 29.4 Å². The standard InChI is InChI=1S/C36H31ClFN3O7/c37-21-8-6-20(7-9-21)36-28(33(46)41(35(36)48)39-23-12-10-22(38)11-13-23)18-27-25(31(36)19-3-1-4-24(42)17-19)14-15-26-30(27)34(47)40(32(26)45)16-2-5-29(43)44/h1,3-4,6-14,17,26-28,30-31,39,42H,2,5,15-16,18H2,(H,43,44). The number of carbonyl (C=O) groups excluding carboxylic acids is 4. The Morgan fingerprint density at radius 1 is 0.958 bits per heavy atom. The Morgan fingerprint density at radius 3 is 2.38 bits per heavy atom. The third-order valence-electron chi connectivity index (χ3n) is 10.3. The van der Waals surface area contributed by atoms with E-state index in [4.69, 9.17) is 16.7 Å². The molecule has 246 valence electrons. The topological polar surface area (TPSA) is 144 Å². The summed E-state index contributed by atoms with van der Waals surface area (Å²) in [4.78, 5) is 69.4. The molecule has 6 atom stereocenters. The van der Waals surface area contributed by atoms with E-state index in [9.17, 15) is 28.7 Å². The molecule has 2 heterocycles. The monoisotopic (exact) mass is 671 g/mol. The van der Waals surface area contributed by atoms with Crippen molar-refractivity contribution in [3.05, 3.63) is 106 Å². The molecular formula is C36H31ClFN3O7. The number of carboxylic acids is 1. The van der Waals surface area contributed by atoms with Gasteiger partial charge in [0.2, 0.25) is 11.8 Å². The van der Waals surface area contributed by atoms with Gasteiger partial charge in [0.25, 0.3) is 11.8 Å². The number of likely N-dealkylation sites (tertiary alicyclic amines) is 1. The fraction of sp³-hybridized carbons (Fsp3) is 0.306. The lowest BCUT2D eigenvalue weighted by Gasteiger charge is -2.50. The quantitative estimate of drug-likeness (QED) is 0.223. The van der Waals surface area contributed by atoms with Crippen LogP contribution in [0.4, 0.5) is 10.1 Å². The first-order valence-electron chi connectivity index (χ1n) is 15.7. The number of anilines is 1. The number of nitrogens with zero attached hydrogens (tertiary/aromatic N) is 2. The molecule has 12 heteroatoms. The van der Waals surface area contributed by atoms with Crippen LogP contribution in [0.5, 0.6) is 5.75 Å². The summed E-state index contributed by atoms with van der Waals surface area (Å²) in [6.45, 7) is -0.0278. The summed E-state index contributed by atoms with van der Waals surface area (Å²) >= 11 is 6.29. The number of phenols is 1. The van der Waals surface area contributed by atoms with Gasteiger partial charge < -0.3 is 10.2 Å². The molecule has 2 aliphatic heterocycles. The molecule has 3 aromatic carbocycles. The molecule has 3 N–H and O–H groups in total. The molecule has 2 saturated heterocycles. The minimum atomic E-state index is -1.55. The number of imide groups is 2. The number of aliphatic carboxylic acids is 1. The normalized spacial score (nSPS) is 27.8. The highest BCUT2D eigenvalue weighted by molar-refractivity contribution is 6.30. The van der Waals surface area contributed by atoms with Crippen molar-refractivity contribution in [3.63, 3.8) is 0 Å². The van der Waals surface area contributed by atoms with E-state index in [1.807, 2.05) is 6.08 Å². The molecular weight excluding hydrogens is 641 g/mol. The average Bonchev–Trinajstić information content (AvgIpc) is 3.43. The molecule has 4 amide bonds. The van der Waals surface area contributed by atoms with Crippen molar-refractivity contribution in [2.24, 2.45) is 23.7 Å². The van der Waals surface area contributed by atoms with Crippen molar-refractivity contribution >= 4 is 46.9 Å². The molecule has 6 unspecified atom stereocenters. The molecule has 48 heavy (non-hydrogen) atoms. The Kier molecular flexibility index (Phi) is 7.82. The van der Waals surface area contributed by atoms with Gasteiger partial charge in [0, 0.05) is 23.9 Å². The van der Waals surface area contributed by atoms with E-state index in [0.29, 0.717) is 27.4 Å². The highest BCUT2D eigenvalue weighted by Crippen LogP contribution is 2.64. The van der Waals surface area contributed by atoms with Crippen LogP contribution in [0.1, 0.15) is 42.7 Å². The molecule has 3 aromatic rings. The second-order valence-corrected chi connectivity index (χ2v) is 13.2. The van der Waals surface area contributed by atoms with Crippen LogP contribution in [0.15, 0.2) is 84.4 Å². The van der Waals surface area contributed by atoms with Gasteiger partial charge in [0.15, 0.2) is 0 Å². The van der Waals surface area contributed by atoms with Crippen LogP contribution in [0, 0.1) is 29.5 Å². The van der Waals surface area contributed by atoms with E-state index in [1.165, 1.54) is 30.3 Å². The first kappa shape index (κ1) is 31.6. The van der Waals surface area contributed by atoms with Crippen LogP contribution in [-0.4, -0.2) is 56.3 Å². The maximum Gasteiger partial charge on any atom is 0.303 e. The number of hydrogen-bond acceptors (Lipinski definition) is 7. The van der Waals surface area contributed by atoms with Crippen LogP contribution >= 0.6 is 11.6 Å². The van der Waals surface area contributed by atoms with E-state index in [-0.39, 0.29) is 43.9 Å². The summed E-state index contributed by atoms with van der Waals surface area (Å²) in [5, 5.41) is 21.2. The molecule has 0 spiro atoms. The Hall–Kier alpha value is -5.03. The van der Waals surface area contributed by atoms with Crippen molar-refractivity contribution in [1.82, 2.24) is 9.91 Å². The minimum absolute atomic E-state index is 0.0278. The Bertz CT molecular complexity index is 1880. The lowest BCUT2D eigenvalue weighted by molar-refractivity contribution is -0.142. The number of carboxylic acid groups (broad SMARTS) is 1. The molecule has 0 radical (unpaired) electrons. The molecule has 1 saturated carbocycles. The fourth-order valence-electron chi connectivity index (χ4n) is 8.41.